The molecule has 0 aromatic heterocycles. The number of aryl methyl sites for hydroxylation is 2. The summed E-state index contributed by atoms with van der Waals surface area (Å²) < 4.78 is 2.24. The third-order valence-corrected chi connectivity index (χ3v) is 5.03. The summed E-state index contributed by atoms with van der Waals surface area (Å²) >= 11 is 0. The second-order valence-corrected chi connectivity index (χ2v) is 7.79. The van der Waals surface area contributed by atoms with Crippen LogP contribution in [0.3, 0.4) is 0 Å². The zero-order valence-corrected chi connectivity index (χ0v) is 17.6. The van der Waals surface area contributed by atoms with Gasteiger partial charge in [-0.15, -0.1) is 0 Å². The average molecular weight is 350 g/mol. The highest BCUT2D eigenvalue weighted by Crippen LogP contribution is 2.34. The largest absolute Gasteiger partial charge is 0.250 e. The molecule has 0 heterocycles. The number of aliphatic imine (C=N–C) groups is 1. The highest BCUT2D eigenvalue weighted by molar-refractivity contribution is 6.27. The van der Waals surface area contributed by atoms with Crippen molar-refractivity contribution in [3.63, 3.8) is 0 Å². The summed E-state index contributed by atoms with van der Waals surface area (Å²) in [5.74, 6) is 0.912. The molecule has 0 bridgehead atoms. The minimum Gasteiger partial charge on any atom is -0.250 e. The lowest BCUT2D eigenvalue weighted by Crippen LogP contribution is -2.13. The average Bonchev–Trinajstić information content (AvgIpc) is 2.58. The van der Waals surface area contributed by atoms with Gasteiger partial charge in [-0.2, -0.15) is 4.58 Å². The Kier molecular flexibility index (Phi) is 6.52. The molecule has 0 amide bonds. The van der Waals surface area contributed by atoms with E-state index in [0.29, 0.717) is 11.8 Å². The van der Waals surface area contributed by atoms with Crippen molar-refractivity contribution >= 4 is 23.3 Å². The molecule has 0 saturated heterocycles. The second kappa shape index (κ2) is 8.44. The molecule has 0 fully saturated rings. The molecule has 26 heavy (non-hydrogen) atoms. The van der Waals surface area contributed by atoms with Crippen molar-refractivity contribution in [3.8, 4) is 0 Å². The molecule has 2 aromatic rings. The number of nitrogens with zero attached hydrogens (tertiary/aromatic N) is 2. The van der Waals surface area contributed by atoms with Gasteiger partial charge in [-0.1, -0.05) is 64.1 Å². The van der Waals surface area contributed by atoms with Crippen molar-refractivity contribution in [1.82, 2.24) is 0 Å². The number of para-hydroxylation sites is 2. The van der Waals surface area contributed by atoms with E-state index in [2.05, 4.69) is 96.5 Å². The Morgan fingerprint density at radius 1 is 0.885 bits per heavy atom. The zero-order valence-electron chi connectivity index (χ0n) is 17.6. The molecule has 0 radical (unpaired) electrons. The molecule has 0 unspecified atom stereocenters. The molecule has 0 aliphatic rings. The number of hydrogen-bond donors (Lipinski definition) is 0. The predicted molar refractivity (Wildman–Crippen MR) is 115 cm³/mol. The Labute approximate surface area is 159 Å². The first-order valence-corrected chi connectivity index (χ1v) is 9.54. The summed E-state index contributed by atoms with van der Waals surface area (Å²) in [6.07, 6.45) is 2.01. The van der Waals surface area contributed by atoms with E-state index in [4.69, 9.17) is 4.99 Å². The summed E-state index contributed by atoms with van der Waals surface area (Å²) in [6, 6.07) is 13.0. The molecule has 2 nitrogen and oxygen atoms in total. The van der Waals surface area contributed by atoms with Gasteiger partial charge >= 0.3 is 0 Å². The first kappa shape index (κ1) is 20.1. The van der Waals surface area contributed by atoms with Crippen LogP contribution in [0, 0.1) is 13.8 Å². The quantitative estimate of drug-likeness (QED) is 0.422. The molecule has 0 saturated carbocycles. The molecule has 2 heteroatoms. The van der Waals surface area contributed by atoms with Crippen LogP contribution < -0.4 is 0 Å². The highest BCUT2D eigenvalue weighted by Gasteiger charge is 2.16. The van der Waals surface area contributed by atoms with Crippen LogP contribution in [0.4, 0.5) is 11.4 Å². The van der Waals surface area contributed by atoms with Crippen molar-refractivity contribution in [3.05, 3.63) is 58.7 Å². The third-order valence-electron chi connectivity index (χ3n) is 5.03. The van der Waals surface area contributed by atoms with Gasteiger partial charge in [0.2, 0.25) is 5.69 Å². The maximum atomic E-state index is 4.95. The molecule has 0 atom stereocenters. The van der Waals surface area contributed by atoms with Gasteiger partial charge < -0.3 is 0 Å². The van der Waals surface area contributed by atoms with Crippen molar-refractivity contribution in [2.75, 3.05) is 7.05 Å². The van der Waals surface area contributed by atoms with Gasteiger partial charge in [-0.05, 0) is 36.8 Å². The Morgan fingerprint density at radius 3 is 1.81 bits per heavy atom. The first-order valence-electron chi connectivity index (χ1n) is 9.54. The maximum Gasteiger partial charge on any atom is 0.211 e. The molecule has 0 spiro atoms. The number of hydrogen-bond acceptors (Lipinski definition) is 1. The van der Waals surface area contributed by atoms with Gasteiger partial charge in [0.15, 0.2) is 5.71 Å². The fourth-order valence-corrected chi connectivity index (χ4v) is 3.42. The number of rotatable bonds is 5. The van der Waals surface area contributed by atoms with Crippen LogP contribution in [0.5, 0.6) is 0 Å². The third kappa shape index (κ3) is 4.30. The molecular formula is C24H33N2+. The van der Waals surface area contributed by atoms with E-state index in [1.165, 1.54) is 27.9 Å². The topological polar surface area (TPSA) is 15.4 Å². The standard InChI is InChI=1S/C24H33N2/c1-16(2)21-13-10-14-22(17(3)4)23(21)25-15-20(7)26(8)24-18(5)11-9-12-19(24)6/h9-17H,1-8H3/q+1. The molecule has 2 rings (SSSR count). The second-order valence-electron chi connectivity index (χ2n) is 7.79. The predicted octanol–water partition coefficient (Wildman–Crippen LogP) is 6.69. The van der Waals surface area contributed by atoms with Gasteiger partial charge in [0.1, 0.15) is 7.05 Å². The Balaban J connectivity index is 2.53. The lowest BCUT2D eigenvalue weighted by atomic mass is 9.93. The maximum absolute atomic E-state index is 4.95. The van der Waals surface area contributed by atoms with E-state index in [0.717, 1.165) is 11.4 Å². The Hall–Kier alpha value is -2.22. The van der Waals surface area contributed by atoms with Gasteiger partial charge in [-0.25, -0.2) is 4.99 Å². The van der Waals surface area contributed by atoms with Gasteiger partial charge in [0.25, 0.3) is 0 Å². The van der Waals surface area contributed by atoms with Crippen molar-refractivity contribution in [2.24, 2.45) is 4.99 Å². The van der Waals surface area contributed by atoms with Crippen molar-refractivity contribution in [1.29, 1.82) is 0 Å². The summed E-state index contributed by atoms with van der Waals surface area (Å²) in [5.41, 5.74) is 8.72. The fraction of sp³-hybridized carbons (Fsp3) is 0.417. The normalized spacial score (nSPS) is 13.0. The monoisotopic (exact) mass is 349 g/mol. The molecule has 2 aromatic carbocycles. The Morgan fingerprint density at radius 2 is 1.35 bits per heavy atom. The van der Waals surface area contributed by atoms with Gasteiger partial charge in [0.05, 0.1) is 11.9 Å². The summed E-state index contributed by atoms with van der Waals surface area (Å²) in [6.45, 7) is 15.4. The van der Waals surface area contributed by atoms with Crippen LogP contribution >= 0.6 is 0 Å². The molecule has 0 aliphatic carbocycles. The fourth-order valence-electron chi connectivity index (χ4n) is 3.42. The van der Waals surface area contributed by atoms with Crippen LogP contribution in [0.15, 0.2) is 41.4 Å². The van der Waals surface area contributed by atoms with E-state index < -0.39 is 0 Å². The van der Waals surface area contributed by atoms with Crippen LogP contribution in [-0.2, 0) is 0 Å². The van der Waals surface area contributed by atoms with E-state index in [-0.39, 0.29) is 0 Å². The van der Waals surface area contributed by atoms with Gasteiger partial charge in [0, 0.05) is 18.1 Å². The lowest BCUT2D eigenvalue weighted by molar-refractivity contribution is -0.404. The van der Waals surface area contributed by atoms with Crippen LogP contribution in [0.1, 0.15) is 68.7 Å². The summed E-state index contributed by atoms with van der Waals surface area (Å²) in [4.78, 5) is 4.95. The summed E-state index contributed by atoms with van der Waals surface area (Å²) in [5, 5.41) is 0. The molecule has 138 valence electrons. The van der Waals surface area contributed by atoms with E-state index in [1.807, 2.05) is 6.21 Å². The molecule has 0 N–H and O–H groups in total. The van der Waals surface area contributed by atoms with Crippen LogP contribution in [0.25, 0.3) is 0 Å². The van der Waals surface area contributed by atoms with E-state index in [1.54, 1.807) is 0 Å². The minimum absolute atomic E-state index is 0.456. The minimum atomic E-state index is 0.456. The highest BCUT2D eigenvalue weighted by atomic mass is 15.0. The van der Waals surface area contributed by atoms with Crippen LogP contribution in [-0.4, -0.2) is 23.5 Å². The molecular weight excluding hydrogens is 316 g/mol. The molecule has 0 aliphatic heterocycles. The Bertz CT molecular complexity index is 793. The zero-order chi connectivity index (χ0) is 19.4. The SMILES string of the molecule is CC(C=Nc1c(C(C)C)cccc1C(C)C)=[N+](C)c1c(C)cccc1C. The van der Waals surface area contributed by atoms with Gasteiger partial charge in [-0.3, -0.25) is 0 Å². The van der Waals surface area contributed by atoms with Crippen molar-refractivity contribution < 1.29 is 4.58 Å². The van der Waals surface area contributed by atoms with Crippen molar-refractivity contribution in [2.45, 2.75) is 60.3 Å². The number of benzene rings is 2. The smallest absolute Gasteiger partial charge is 0.211 e. The van der Waals surface area contributed by atoms with E-state index >= 15 is 0 Å². The van der Waals surface area contributed by atoms with Crippen LogP contribution in [0.2, 0.25) is 0 Å². The first-order chi connectivity index (χ1) is 12.2. The summed E-state index contributed by atoms with van der Waals surface area (Å²) in [7, 11) is 2.12. The van der Waals surface area contributed by atoms with E-state index in [9.17, 15) is 0 Å². The lowest BCUT2D eigenvalue weighted by Gasteiger charge is -2.16.